The van der Waals surface area contributed by atoms with Crippen LogP contribution in [0.2, 0.25) is 0 Å². The number of benzene rings is 1. The summed E-state index contributed by atoms with van der Waals surface area (Å²) >= 11 is 4.89. The molecule has 3 unspecified atom stereocenters. The van der Waals surface area contributed by atoms with Gasteiger partial charge in [0.1, 0.15) is 4.58 Å². The number of hydrogen-bond acceptors (Lipinski definition) is 4. The van der Waals surface area contributed by atoms with Crippen LogP contribution in [0, 0.1) is 33.5 Å². The molecule has 1 aromatic rings. The van der Waals surface area contributed by atoms with Gasteiger partial charge in [0.15, 0.2) is 0 Å². The Hall–Kier alpha value is -1.03. The second-order valence-electron chi connectivity index (χ2n) is 10.4. The first kappa shape index (κ1) is 23.6. The van der Waals surface area contributed by atoms with Crippen molar-refractivity contribution in [1.29, 1.82) is 5.26 Å². The highest BCUT2D eigenvalue weighted by molar-refractivity contribution is 8.03. The Balaban J connectivity index is 2.18. The largest absolute Gasteiger partial charge is 0.227 e. The second kappa shape index (κ2) is 7.83. The highest BCUT2D eigenvalue weighted by atomic mass is 32.3. The molecule has 0 radical (unpaired) electrons. The Bertz CT molecular complexity index is 912. The van der Waals surface area contributed by atoms with Crippen molar-refractivity contribution in [2.24, 2.45) is 22.2 Å². The predicted octanol–water partition coefficient (Wildman–Crippen LogP) is 5.27. The summed E-state index contributed by atoms with van der Waals surface area (Å²) in [7, 11) is -3.72. The van der Waals surface area contributed by atoms with E-state index in [1.165, 1.54) is 0 Å². The summed E-state index contributed by atoms with van der Waals surface area (Å²) < 4.78 is 28.6. The van der Waals surface area contributed by atoms with Crippen molar-refractivity contribution in [2.45, 2.75) is 83.9 Å². The Morgan fingerprint density at radius 2 is 1.73 bits per heavy atom. The third kappa shape index (κ3) is 3.15. The summed E-state index contributed by atoms with van der Waals surface area (Å²) in [6.07, 6.45) is 2.99. The van der Waals surface area contributed by atoms with E-state index in [2.05, 4.69) is 19.9 Å². The van der Waals surface area contributed by atoms with Crippen LogP contribution in [-0.2, 0) is 16.4 Å². The van der Waals surface area contributed by atoms with Gasteiger partial charge in [-0.2, -0.15) is 22.2 Å². The van der Waals surface area contributed by atoms with E-state index in [0.717, 1.165) is 24.8 Å². The van der Waals surface area contributed by atoms with Crippen molar-refractivity contribution in [3.63, 3.8) is 0 Å². The minimum Gasteiger partial charge on any atom is -0.211 e. The molecule has 1 aromatic carbocycles. The van der Waals surface area contributed by atoms with Crippen LogP contribution in [0.15, 0.2) is 30.3 Å². The monoisotopic (exact) mass is 448 g/mol. The molecule has 0 heterocycles. The van der Waals surface area contributed by atoms with E-state index < -0.39 is 25.4 Å². The first-order valence-electron chi connectivity index (χ1n) is 11.0. The van der Waals surface area contributed by atoms with Crippen LogP contribution in [-0.4, -0.2) is 29.4 Å². The number of thiol groups is 1. The van der Waals surface area contributed by atoms with E-state index in [4.69, 9.17) is 12.6 Å². The van der Waals surface area contributed by atoms with Gasteiger partial charge in [0.05, 0.1) is 11.5 Å². The summed E-state index contributed by atoms with van der Waals surface area (Å²) in [5.74, 6) is 0.331. The van der Waals surface area contributed by atoms with Gasteiger partial charge >= 0.3 is 0 Å². The van der Waals surface area contributed by atoms with Crippen molar-refractivity contribution in [3.05, 3.63) is 35.9 Å². The van der Waals surface area contributed by atoms with Gasteiger partial charge in [0.25, 0.3) is 0 Å². The van der Waals surface area contributed by atoms with Crippen LogP contribution in [0.1, 0.15) is 66.4 Å². The molecule has 0 aromatic heterocycles. The summed E-state index contributed by atoms with van der Waals surface area (Å²) in [5, 5.41) is 10.6. The Morgan fingerprint density at radius 1 is 1.17 bits per heavy atom. The molecule has 4 nitrogen and oxygen atoms in total. The van der Waals surface area contributed by atoms with Crippen molar-refractivity contribution in [2.75, 3.05) is 0 Å². The fourth-order valence-electron chi connectivity index (χ4n) is 6.86. The second-order valence-corrected chi connectivity index (χ2v) is 13.2. The zero-order chi connectivity index (χ0) is 22.5. The molecule has 0 aliphatic heterocycles. The van der Waals surface area contributed by atoms with E-state index in [0.29, 0.717) is 12.3 Å². The number of fused-ring (bicyclic) bond motifs is 2. The molecule has 0 amide bonds. The Morgan fingerprint density at radius 3 is 2.20 bits per heavy atom. The number of nitrogens with zero attached hydrogens (tertiary/aromatic N) is 2. The van der Waals surface area contributed by atoms with Gasteiger partial charge in [0, 0.05) is 17.5 Å². The van der Waals surface area contributed by atoms with E-state index in [-0.39, 0.29) is 17.5 Å². The Labute approximate surface area is 188 Å². The molecule has 30 heavy (non-hydrogen) atoms. The van der Waals surface area contributed by atoms with Gasteiger partial charge in [-0.3, -0.25) is 0 Å². The van der Waals surface area contributed by atoms with Crippen LogP contribution in [0.25, 0.3) is 0 Å². The molecule has 2 aliphatic carbocycles. The molecular weight excluding hydrogens is 412 g/mol. The first-order chi connectivity index (χ1) is 13.9. The topological polar surface area (TPSA) is 61.2 Å². The maximum absolute atomic E-state index is 14.0. The highest BCUT2D eigenvalue weighted by Crippen LogP contribution is 2.76. The first-order valence-corrected chi connectivity index (χ1v) is 13.0. The average Bonchev–Trinajstić information content (AvgIpc) is 3.02. The lowest BCUT2D eigenvalue weighted by Gasteiger charge is -2.51. The van der Waals surface area contributed by atoms with Crippen LogP contribution in [0.4, 0.5) is 0 Å². The molecule has 0 saturated heterocycles. The minimum atomic E-state index is -3.72. The summed E-state index contributed by atoms with van der Waals surface area (Å²) in [6, 6.07) is 12.4. The molecular formula is C24H36N2O2S2. The molecule has 2 aliphatic rings. The smallest absolute Gasteiger partial charge is 0.211 e. The van der Waals surface area contributed by atoms with Crippen molar-refractivity contribution in [3.8, 4) is 6.07 Å². The highest BCUT2D eigenvalue weighted by Gasteiger charge is 2.75. The lowest BCUT2D eigenvalue weighted by atomic mass is 9.57. The van der Waals surface area contributed by atoms with Crippen LogP contribution < -0.4 is 0 Å². The molecule has 2 fully saturated rings. The molecule has 166 valence electrons. The quantitative estimate of drug-likeness (QED) is 0.578. The number of hydrogen-bond donors (Lipinski definition) is 1. The molecule has 0 spiro atoms. The fraction of sp³-hybridized carbons (Fsp3) is 0.708. The van der Waals surface area contributed by atoms with Gasteiger partial charge in [-0.1, -0.05) is 44.2 Å². The number of sulfonamides is 1. The SMILES string of the molecule is CC(C)N(C(C)C)S(=O)(=O)C(S)C12CCC(C[C@@]1(C#N)Cc1ccccc1)C2(C)C. The number of nitriles is 1. The Kier molecular flexibility index (Phi) is 6.17. The lowest BCUT2D eigenvalue weighted by Crippen LogP contribution is -2.57. The van der Waals surface area contributed by atoms with Crippen LogP contribution in [0.5, 0.6) is 0 Å². The summed E-state index contributed by atoms with van der Waals surface area (Å²) in [6.45, 7) is 12.0. The zero-order valence-electron chi connectivity index (χ0n) is 19.1. The summed E-state index contributed by atoms with van der Waals surface area (Å²) in [5.41, 5.74) is -0.653. The lowest BCUT2D eigenvalue weighted by molar-refractivity contribution is 0.0499. The molecule has 2 bridgehead atoms. The van der Waals surface area contributed by atoms with E-state index in [1.54, 1.807) is 4.31 Å². The molecule has 4 atom stereocenters. The molecule has 2 saturated carbocycles. The average molecular weight is 449 g/mol. The maximum Gasteiger partial charge on any atom is 0.227 e. The van der Waals surface area contributed by atoms with Gasteiger partial charge in [0.2, 0.25) is 10.0 Å². The fourth-order valence-corrected chi connectivity index (χ4v) is 10.5. The maximum atomic E-state index is 14.0. The third-order valence-corrected chi connectivity index (χ3v) is 11.7. The standard InChI is InChI=1S/C24H36N2O2S2/c1-17(2)26(18(3)4)30(27,28)21(29)24-13-12-20(22(24,5)6)15-23(24,16-25)14-19-10-8-7-9-11-19/h7-11,17-18,20-21,29H,12-15H2,1-6H3/t20?,21?,23-,24?/m1/s1. The zero-order valence-corrected chi connectivity index (χ0v) is 20.8. The molecule has 0 N–H and O–H groups in total. The predicted molar refractivity (Wildman–Crippen MR) is 126 cm³/mol. The van der Waals surface area contributed by atoms with Crippen LogP contribution >= 0.6 is 12.6 Å². The van der Waals surface area contributed by atoms with Crippen molar-refractivity contribution in [1.82, 2.24) is 4.31 Å². The minimum absolute atomic E-state index is 0.159. The number of rotatable bonds is 7. The van der Waals surface area contributed by atoms with Gasteiger partial charge in [-0.05, 0) is 70.3 Å². The molecule has 6 heteroatoms. The van der Waals surface area contributed by atoms with Gasteiger partial charge in [-0.15, -0.1) is 0 Å². The van der Waals surface area contributed by atoms with E-state index >= 15 is 0 Å². The third-order valence-electron chi connectivity index (χ3n) is 8.08. The summed E-state index contributed by atoms with van der Waals surface area (Å²) in [4.78, 5) is 0. The van der Waals surface area contributed by atoms with Crippen molar-refractivity contribution < 1.29 is 8.42 Å². The van der Waals surface area contributed by atoms with Crippen molar-refractivity contribution >= 4 is 22.7 Å². The van der Waals surface area contributed by atoms with Crippen LogP contribution in [0.3, 0.4) is 0 Å². The normalized spacial score (nSPS) is 31.4. The molecule has 3 rings (SSSR count). The van der Waals surface area contributed by atoms with E-state index in [1.807, 2.05) is 58.0 Å². The van der Waals surface area contributed by atoms with Gasteiger partial charge < -0.3 is 0 Å². The van der Waals surface area contributed by atoms with E-state index in [9.17, 15) is 13.7 Å². The van der Waals surface area contributed by atoms with Gasteiger partial charge in [-0.25, -0.2) is 8.42 Å².